The van der Waals surface area contributed by atoms with Crippen LogP contribution in [0.25, 0.3) is 0 Å². The molecular formula is C17H23NO6. The molecule has 0 unspecified atom stereocenters. The van der Waals surface area contributed by atoms with Gasteiger partial charge in [-0.05, 0) is 32.4 Å². The molecule has 1 aliphatic rings. The molecule has 7 nitrogen and oxygen atoms in total. The van der Waals surface area contributed by atoms with E-state index in [0.29, 0.717) is 5.56 Å². The summed E-state index contributed by atoms with van der Waals surface area (Å²) in [6, 6.07) is 2.76. The van der Waals surface area contributed by atoms with E-state index >= 15 is 0 Å². The zero-order valence-corrected chi connectivity index (χ0v) is 14.8. The Morgan fingerprint density at radius 1 is 1.29 bits per heavy atom. The van der Waals surface area contributed by atoms with Crippen LogP contribution in [0, 0.1) is 0 Å². The van der Waals surface area contributed by atoms with Crippen LogP contribution in [-0.4, -0.2) is 40.5 Å². The number of esters is 1. The first-order valence-corrected chi connectivity index (χ1v) is 7.60. The summed E-state index contributed by atoms with van der Waals surface area (Å²) < 4.78 is 16.1. The summed E-state index contributed by atoms with van der Waals surface area (Å²) >= 11 is 0. The van der Waals surface area contributed by atoms with Crippen LogP contribution in [0.15, 0.2) is 12.1 Å². The molecule has 7 heteroatoms. The molecule has 0 radical (unpaired) electrons. The number of phenols is 1. The van der Waals surface area contributed by atoms with E-state index in [-0.39, 0.29) is 23.6 Å². The van der Waals surface area contributed by atoms with E-state index in [9.17, 15) is 14.7 Å². The van der Waals surface area contributed by atoms with Crippen molar-refractivity contribution >= 4 is 12.1 Å². The number of aromatic hydroxyl groups is 1. The molecule has 2 rings (SSSR count). The molecule has 132 valence electrons. The zero-order chi connectivity index (χ0) is 18.3. The van der Waals surface area contributed by atoms with Gasteiger partial charge in [0.05, 0.1) is 0 Å². The molecule has 0 spiro atoms. The summed E-state index contributed by atoms with van der Waals surface area (Å²) in [7, 11) is 1.55. The SMILES string of the molecule is CN(Cc1cc(O)cc2c1C(=O)OC(C)(C)O2)C(=O)OC(C)(C)C. The lowest BCUT2D eigenvalue weighted by atomic mass is 10.0. The summed E-state index contributed by atoms with van der Waals surface area (Å²) in [5, 5.41) is 9.90. The van der Waals surface area contributed by atoms with Crippen molar-refractivity contribution in [2.45, 2.75) is 52.6 Å². The molecule has 1 aromatic rings. The van der Waals surface area contributed by atoms with Crippen LogP contribution >= 0.6 is 0 Å². The van der Waals surface area contributed by atoms with Crippen LogP contribution in [0.1, 0.15) is 50.5 Å². The van der Waals surface area contributed by atoms with Gasteiger partial charge < -0.3 is 24.2 Å². The Kier molecular flexibility index (Phi) is 4.39. The maximum Gasteiger partial charge on any atom is 0.410 e. The molecule has 0 saturated heterocycles. The molecule has 0 aliphatic carbocycles. The highest BCUT2D eigenvalue weighted by atomic mass is 16.7. The first-order chi connectivity index (χ1) is 10.9. The van der Waals surface area contributed by atoms with Crippen molar-refractivity contribution in [3.05, 3.63) is 23.3 Å². The second kappa shape index (κ2) is 5.89. The third kappa shape index (κ3) is 4.10. The number of carbonyl (C=O) groups is 2. The van der Waals surface area contributed by atoms with E-state index in [1.807, 2.05) is 0 Å². The van der Waals surface area contributed by atoms with Gasteiger partial charge in [-0.25, -0.2) is 9.59 Å². The number of rotatable bonds is 2. The van der Waals surface area contributed by atoms with E-state index in [1.54, 1.807) is 41.7 Å². The van der Waals surface area contributed by atoms with Crippen molar-refractivity contribution in [1.82, 2.24) is 4.90 Å². The molecule has 0 atom stereocenters. The van der Waals surface area contributed by atoms with Gasteiger partial charge in [0.15, 0.2) is 0 Å². The minimum absolute atomic E-state index is 0.0601. The number of hydrogen-bond acceptors (Lipinski definition) is 6. The summed E-state index contributed by atoms with van der Waals surface area (Å²) in [6.45, 7) is 8.56. The van der Waals surface area contributed by atoms with E-state index in [2.05, 4.69) is 0 Å². The quantitative estimate of drug-likeness (QED) is 0.835. The van der Waals surface area contributed by atoms with Crippen LogP contribution < -0.4 is 4.74 Å². The summed E-state index contributed by atoms with van der Waals surface area (Å²) in [5.74, 6) is -1.52. The van der Waals surface area contributed by atoms with Crippen LogP contribution in [0.2, 0.25) is 0 Å². The topological polar surface area (TPSA) is 85.3 Å². The first-order valence-electron chi connectivity index (χ1n) is 7.60. The average Bonchev–Trinajstić information content (AvgIpc) is 2.33. The Bertz CT molecular complexity index is 674. The molecule has 24 heavy (non-hydrogen) atoms. The lowest BCUT2D eigenvalue weighted by molar-refractivity contribution is -0.127. The molecule has 1 heterocycles. The number of hydrogen-bond donors (Lipinski definition) is 1. The fourth-order valence-corrected chi connectivity index (χ4v) is 2.31. The molecule has 1 N–H and O–H groups in total. The number of benzene rings is 1. The van der Waals surface area contributed by atoms with Crippen LogP contribution in [0.5, 0.6) is 11.5 Å². The van der Waals surface area contributed by atoms with Crippen molar-refractivity contribution < 1.29 is 28.9 Å². The zero-order valence-electron chi connectivity index (χ0n) is 14.8. The number of phenolic OH excluding ortho intramolecular Hbond substituents is 1. The van der Waals surface area contributed by atoms with Gasteiger partial charge in [-0.2, -0.15) is 0 Å². The van der Waals surface area contributed by atoms with E-state index in [1.165, 1.54) is 17.0 Å². The third-order valence-corrected chi connectivity index (χ3v) is 3.18. The summed E-state index contributed by atoms with van der Waals surface area (Å²) in [6.07, 6.45) is -0.537. The Labute approximate surface area is 141 Å². The van der Waals surface area contributed by atoms with Gasteiger partial charge in [0.2, 0.25) is 5.79 Å². The molecule has 1 aliphatic heterocycles. The largest absolute Gasteiger partial charge is 0.508 e. The number of ether oxygens (including phenoxy) is 3. The molecule has 0 aromatic heterocycles. The Morgan fingerprint density at radius 2 is 1.92 bits per heavy atom. The molecule has 0 fully saturated rings. The van der Waals surface area contributed by atoms with Crippen molar-refractivity contribution in [1.29, 1.82) is 0 Å². The average molecular weight is 337 g/mol. The lowest BCUT2D eigenvalue weighted by Crippen LogP contribution is -2.40. The third-order valence-electron chi connectivity index (χ3n) is 3.18. The normalized spacial score (nSPS) is 15.8. The molecular weight excluding hydrogens is 314 g/mol. The standard InChI is InChI=1S/C17H23NO6/c1-16(2,3)24-15(21)18(6)9-10-7-11(19)8-12-13(10)14(20)23-17(4,5)22-12/h7-8,19H,9H2,1-6H3. The fraction of sp³-hybridized carbons (Fsp3) is 0.529. The van der Waals surface area contributed by atoms with Crippen molar-refractivity contribution in [2.75, 3.05) is 7.05 Å². The van der Waals surface area contributed by atoms with Gasteiger partial charge in [0.25, 0.3) is 0 Å². The highest BCUT2D eigenvalue weighted by Crippen LogP contribution is 2.36. The summed E-state index contributed by atoms with van der Waals surface area (Å²) in [4.78, 5) is 25.7. The maximum absolute atomic E-state index is 12.3. The van der Waals surface area contributed by atoms with Gasteiger partial charge in [0.1, 0.15) is 22.7 Å². The molecule has 1 aromatic carbocycles. The number of cyclic esters (lactones) is 1. The van der Waals surface area contributed by atoms with Gasteiger partial charge in [-0.15, -0.1) is 0 Å². The Hall–Kier alpha value is -2.44. The van der Waals surface area contributed by atoms with Crippen molar-refractivity contribution in [3.8, 4) is 11.5 Å². The molecule has 1 amide bonds. The monoisotopic (exact) mass is 337 g/mol. The number of amides is 1. The van der Waals surface area contributed by atoms with Crippen molar-refractivity contribution in [2.24, 2.45) is 0 Å². The second-order valence-corrected chi connectivity index (χ2v) is 7.21. The predicted molar refractivity (Wildman–Crippen MR) is 85.9 cm³/mol. The fourth-order valence-electron chi connectivity index (χ4n) is 2.31. The van der Waals surface area contributed by atoms with Gasteiger partial charge in [0, 0.05) is 33.5 Å². The van der Waals surface area contributed by atoms with E-state index in [0.717, 1.165) is 0 Å². The molecule has 0 saturated carbocycles. The van der Waals surface area contributed by atoms with Crippen LogP contribution in [0.4, 0.5) is 4.79 Å². The maximum atomic E-state index is 12.3. The summed E-state index contributed by atoms with van der Waals surface area (Å²) in [5.41, 5.74) is -0.0169. The highest BCUT2D eigenvalue weighted by Gasteiger charge is 2.36. The van der Waals surface area contributed by atoms with Gasteiger partial charge >= 0.3 is 12.1 Å². The smallest absolute Gasteiger partial charge is 0.410 e. The van der Waals surface area contributed by atoms with Crippen LogP contribution in [0.3, 0.4) is 0 Å². The Balaban J connectivity index is 2.31. The number of fused-ring (bicyclic) bond motifs is 1. The van der Waals surface area contributed by atoms with E-state index in [4.69, 9.17) is 14.2 Å². The highest BCUT2D eigenvalue weighted by molar-refractivity contribution is 5.95. The Morgan fingerprint density at radius 3 is 2.50 bits per heavy atom. The van der Waals surface area contributed by atoms with Crippen molar-refractivity contribution in [3.63, 3.8) is 0 Å². The predicted octanol–water partition coefficient (Wildman–Crippen LogP) is 3.04. The second-order valence-electron chi connectivity index (χ2n) is 7.21. The van der Waals surface area contributed by atoms with Gasteiger partial charge in [-0.3, -0.25) is 0 Å². The lowest BCUT2D eigenvalue weighted by Gasteiger charge is -2.33. The van der Waals surface area contributed by atoms with Crippen LogP contribution in [-0.2, 0) is 16.0 Å². The van der Waals surface area contributed by atoms with Gasteiger partial charge in [-0.1, -0.05) is 0 Å². The minimum atomic E-state index is -1.12. The number of carbonyl (C=O) groups excluding carboxylic acids is 2. The molecule has 0 bridgehead atoms. The minimum Gasteiger partial charge on any atom is -0.508 e. The van der Waals surface area contributed by atoms with E-state index < -0.39 is 23.5 Å². The first kappa shape index (κ1) is 17.9. The number of nitrogens with zero attached hydrogens (tertiary/aromatic N) is 1.